The van der Waals surface area contributed by atoms with Gasteiger partial charge < -0.3 is 9.64 Å². The minimum Gasteiger partial charge on any atom is -0.368 e. The Morgan fingerprint density at radius 3 is 2.64 bits per heavy atom. The summed E-state index contributed by atoms with van der Waals surface area (Å²) in [5, 5.41) is 0. The first-order chi connectivity index (χ1) is 12.1. The Labute approximate surface area is 149 Å². The molecular formula is C17H25N3O4S. The smallest absolute Gasteiger partial charge is 0.279 e. The van der Waals surface area contributed by atoms with Crippen LogP contribution >= 0.6 is 0 Å². The highest BCUT2D eigenvalue weighted by atomic mass is 32.2. The molecule has 1 atom stereocenters. The van der Waals surface area contributed by atoms with Crippen LogP contribution in [0.25, 0.3) is 0 Å². The Bertz CT molecular complexity index is 674. The lowest BCUT2D eigenvalue weighted by molar-refractivity contribution is -0.140. The van der Waals surface area contributed by atoms with Crippen molar-refractivity contribution in [2.24, 2.45) is 0 Å². The second-order valence-corrected chi connectivity index (χ2v) is 8.15. The lowest BCUT2D eigenvalue weighted by Gasteiger charge is -2.24. The lowest BCUT2D eigenvalue weighted by Crippen LogP contribution is -2.44. The molecule has 3 rings (SSSR count). The number of amides is 1. The molecule has 2 aliphatic heterocycles. The maximum atomic E-state index is 12.5. The maximum Gasteiger partial charge on any atom is 0.279 e. The highest BCUT2D eigenvalue weighted by molar-refractivity contribution is 7.87. The van der Waals surface area contributed by atoms with E-state index in [-0.39, 0.29) is 18.6 Å². The predicted octanol–water partition coefficient (Wildman–Crippen LogP) is 0.734. The molecule has 2 aliphatic rings. The number of ether oxygens (including phenoxy) is 1. The van der Waals surface area contributed by atoms with Crippen LogP contribution in [0.2, 0.25) is 0 Å². The van der Waals surface area contributed by atoms with E-state index in [0.29, 0.717) is 39.2 Å². The van der Waals surface area contributed by atoms with Gasteiger partial charge in [-0.1, -0.05) is 30.3 Å². The van der Waals surface area contributed by atoms with E-state index in [1.165, 1.54) is 4.31 Å². The number of nitrogens with zero attached hydrogens (tertiary/aromatic N) is 2. The van der Waals surface area contributed by atoms with Crippen molar-refractivity contribution in [3.8, 4) is 0 Å². The first-order valence-electron chi connectivity index (χ1n) is 8.75. The van der Waals surface area contributed by atoms with Gasteiger partial charge in [-0.15, -0.1) is 0 Å². The number of carbonyl (C=O) groups is 1. The molecule has 0 radical (unpaired) electrons. The molecule has 25 heavy (non-hydrogen) atoms. The molecule has 0 aromatic heterocycles. The summed E-state index contributed by atoms with van der Waals surface area (Å²) in [6, 6.07) is 9.42. The molecule has 2 fully saturated rings. The number of hydrogen-bond donors (Lipinski definition) is 1. The molecule has 0 aliphatic carbocycles. The Hall–Kier alpha value is -1.48. The molecule has 1 N–H and O–H groups in total. The molecule has 7 nitrogen and oxygen atoms in total. The van der Waals surface area contributed by atoms with Gasteiger partial charge in [0.2, 0.25) is 0 Å². The van der Waals surface area contributed by atoms with Crippen LogP contribution in [-0.4, -0.2) is 62.4 Å². The van der Waals surface area contributed by atoms with Crippen molar-refractivity contribution in [2.75, 3.05) is 32.8 Å². The molecule has 8 heteroatoms. The van der Waals surface area contributed by atoms with Gasteiger partial charge in [0.1, 0.15) is 6.10 Å². The van der Waals surface area contributed by atoms with Crippen LogP contribution in [0.5, 0.6) is 0 Å². The van der Waals surface area contributed by atoms with Crippen LogP contribution in [0.4, 0.5) is 0 Å². The van der Waals surface area contributed by atoms with Crippen molar-refractivity contribution in [1.82, 2.24) is 13.9 Å². The van der Waals surface area contributed by atoms with Crippen LogP contribution in [0.15, 0.2) is 30.3 Å². The zero-order valence-corrected chi connectivity index (χ0v) is 15.1. The van der Waals surface area contributed by atoms with Crippen molar-refractivity contribution in [3.05, 3.63) is 35.9 Å². The van der Waals surface area contributed by atoms with Gasteiger partial charge in [0, 0.05) is 39.3 Å². The van der Waals surface area contributed by atoms with Gasteiger partial charge >= 0.3 is 0 Å². The van der Waals surface area contributed by atoms with Gasteiger partial charge in [-0.25, -0.2) is 0 Å². The summed E-state index contributed by atoms with van der Waals surface area (Å²) < 4.78 is 34.6. The summed E-state index contributed by atoms with van der Waals surface area (Å²) >= 11 is 0. The van der Waals surface area contributed by atoms with Crippen LogP contribution in [0, 0.1) is 0 Å². The number of hydrogen-bond acceptors (Lipinski definition) is 4. The molecule has 0 saturated carbocycles. The van der Waals surface area contributed by atoms with Crippen LogP contribution in [-0.2, 0) is 26.3 Å². The summed E-state index contributed by atoms with van der Waals surface area (Å²) in [7, 11) is -3.56. The lowest BCUT2D eigenvalue weighted by atomic mass is 10.2. The highest BCUT2D eigenvalue weighted by Crippen LogP contribution is 2.16. The molecule has 0 unspecified atom stereocenters. The largest absolute Gasteiger partial charge is 0.368 e. The molecule has 1 aromatic carbocycles. The molecular weight excluding hydrogens is 342 g/mol. The molecule has 138 valence electrons. The second-order valence-electron chi connectivity index (χ2n) is 6.39. The SMILES string of the molecule is O=C([C@@H]1CCCO1)N1CCCN(S(=O)(=O)NCc2ccccc2)CC1. The maximum absolute atomic E-state index is 12.5. The second kappa shape index (κ2) is 8.27. The molecule has 0 spiro atoms. The summed E-state index contributed by atoms with van der Waals surface area (Å²) in [5.74, 6) is -0.00556. The minimum atomic E-state index is -3.56. The number of benzene rings is 1. The molecule has 2 heterocycles. The Morgan fingerprint density at radius 2 is 1.92 bits per heavy atom. The van der Waals surface area contributed by atoms with Crippen molar-refractivity contribution in [2.45, 2.75) is 31.9 Å². The number of rotatable bonds is 5. The normalized spacial score (nSPS) is 22.7. The van der Waals surface area contributed by atoms with E-state index in [1.807, 2.05) is 30.3 Å². The van der Waals surface area contributed by atoms with Crippen molar-refractivity contribution in [1.29, 1.82) is 0 Å². The quantitative estimate of drug-likeness (QED) is 0.832. The van der Waals surface area contributed by atoms with Crippen LogP contribution < -0.4 is 4.72 Å². The third kappa shape index (κ3) is 4.78. The first kappa shape index (κ1) is 18.3. The monoisotopic (exact) mass is 367 g/mol. The van der Waals surface area contributed by atoms with E-state index in [4.69, 9.17) is 4.74 Å². The van der Waals surface area contributed by atoms with Gasteiger partial charge in [-0.3, -0.25) is 4.79 Å². The highest BCUT2D eigenvalue weighted by Gasteiger charge is 2.31. The Kier molecular flexibility index (Phi) is 6.06. The fourth-order valence-electron chi connectivity index (χ4n) is 3.19. The van der Waals surface area contributed by atoms with E-state index in [0.717, 1.165) is 18.4 Å². The van der Waals surface area contributed by atoms with E-state index >= 15 is 0 Å². The van der Waals surface area contributed by atoms with Crippen LogP contribution in [0.1, 0.15) is 24.8 Å². The standard InChI is InChI=1S/C17H25N3O4S/c21-17(16-8-4-13-24-16)19-9-5-10-20(12-11-19)25(22,23)18-14-15-6-2-1-3-7-15/h1-3,6-7,16,18H,4-5,8-14H2/t16-/m0/s1. The fraction of sp³-hybridized carbons (Fsp3) is 0.588. The van der Waals surface area contributed by atoms with E-state index in [1.54, 1.807) is 4.90 Å². The number of carbonyl (C=O) groups excluding carboxylic acids is 1. The fourth-order valence-corrected chi connectivity index (χ4v) is 4.42. The molecule has 0 bridgehead atoms. The summed E-state index contributed by atoms with van der Waals surface area (Å²) in [4.78, 5) is 14.2. The van der Waals surface area contributed by atoms with Gasteiger partial charge in [0.05, 0.1) is 0 Å². The molecule has 1 aromatic rings. The van der Waals surface area contributed by atoms with Crippen molar-refractivity contribution in [3.63, 3.8) is 0 Å². The zero-order valence-electron chi connectivity index (χ0n) is 14.3. The number of nitrogens with one attached hydrogen (secondary N) is 1. The third-order valence-electron chi connectivity index (χ3n) is 4.61. The van der Waals surface area contributed by atoms with Crippen LogP contribution in [0.3, 0.4) is 0 Å². The summed E-state index contributed by atoms with van der Waals surface area (Å²) in [5.41, 5.74) is 0.913. The van der Waals surface area contributed by atoms with Crippen molar-refractivity contribution >= 4 is 16.1 Å². The first-order valence-corrected chi connectivity index (χ1v) is 10.2. The average molecular weight is 367 g/mol. The summed E-state index contributed by atoms with van der Waals surface area (Å²) in [6.45, 7) is 2.60. The van der Waals surface area contributed by atoms with E-state index in [2.05, 4.69) is 4.72 Å². The topological polar surface area (TPSA) is 79.0 Å². The molecule has 1 amide bonds. The van der Waals surface area contributed by atoms with Gasteiger partial charge in [-0.05, 0) is 24.8 Å². The minimum absolute atomic E-state index is 0.00556. The Morgan fingerprint density at radius 1 is 1.12 bits per heavy atom. The van der Waals surface area contributed by atoms with E-state index < -0.39 is 10.2 Å². The Balaban J connectivity index is 1.55. The van der Waals surface area contributed by atoms with E-state index in [9.17, 15) is 13.2 Å². The van der Waals surface area contributed by atoms with Gasteiger partial charge in [0.15, 0.2) is 0 Å². The average Bonchev–Trinajstić information content (AvgIpc) is 3.04. The van der Waals surface area contributed by atoms with Gasteiger partial charge in [0.25, 0.3) is 16.1 Å². The third-order valence-corrected chi connectivity index (χ3v) is 6.17. The predicted molar refractivity (Wildman–Crippen MR) is 93.9 cm³/mol. The van der Waals surface area contributed by atoms with Gasteiger partial charge in [-0.2, -0.15) is 17.4 Å². The van der Waals surface area contributed by atoms with Crippen molar-refractivity contribution < 1.29 is 17.9 Å². The molecule has 2 saturated heterocycles. The zero-order chi connectivity index (χ0) is 17.7. The summed E-state index contributed by atoms with van der Waals surface area (Å²) in [6.07, 6.45) is 1.95.